The topological polar surface area (TPSA) is 43.6 Å². The van der Waals surface area contributed by atoms with Crippen molar-refractivity contribution in [2.75, 3.05) is 0 Å². The van der Waals surface area contributed by atoms with E-state index in [2.05, 4.69) is 15.5 Å². The second-order valence-corrected chi connectivity index (χ2v) is 2.38. The third-order valence-electron chi connectivity index (χ3n) is 1.04. The van der Waals surface area contributed by atoms with Crippen LogP contribution in [0.25, 0.3) is 6.20 Å². The van der Waals surface area contributed by atoms with Gasteiger partial charge in [0.2, 0.25) is 0 Å². The van der Waals surface area contributed by atoms with Crippen LogP contribution in [0.2, 0.25) is 0 Å². The summed E-state index contributed by atoms with van der Waals surface area (Å²) in [6.07, 6.45) is 1.88. The standard InChI is InChI=1S/C6H10N4/c1-5(2)4-10-6(3)7-8-9-10/h4H,1-3H3. The molecule has 54 valence electrons. The van der Waals surface area contributed by atoms with E-state index in [4.69, 9.17) is 0 Å². The van der Waals surface area contributed by atoms with Gasteiger partial charge in [0.1, 0.15) is 0 Å². The maximum Gasteiger partial charge on any atom is 0.152 e. The smallest absolute Gasteiger partial charge is 0.152 e. The fourth-order valence-electron chi connectivity index (χ4n) is 0.602. The number of nitrogens with zero attached hydrogens (tertiary/aromatic N) is 4. The van der Waals surface area contributed by atoms with Crippen molar-refractivity contribution in [3.8, 4) is 0 Å². The molecule has 4 nitrogen and oxygen atoms in total. The first-order valence-corrected chi connectivity index (χ1v) is 3.09. The monoisotopic (exact) mass is 138 g/mol. The zero-order valence-electron chi connectivity index (χ0n) is 6.37. The van der Waals surface area contributed by atoms with Gasteiger partial charge >= 0.3 is 0 Å². The van der Waals surface area contributed by atoms with E-state index in [9.17, 15) is 0 Å². The van der Waals surface area contributed by atoms with Crippen LogP contribution in [0.3, 0.4) is 0 Å². The normalized spacial score (nSPS) is 9.50. The lowest BCUT2D eigenvalue weighted by Gasteiger charge is -1.91. The van der Waals surface area contributed by atoms with Crippen LogP contribution >= 0.6 is 0 Å². The molecule has 0 bridgehead atoms. The summed E-state index contributed by atoms with van der Waals surface area (Å²) in [7, 11) is 0. The Labute approximate surface area is 59.5 Å². The first kappa shape index (κ1) is 6.92. The van der Waals surface area contributed by atoms with E-state index < -0.39 is 0 Å². The van der Waals surface area contributed by atoms with Crippen LogP contribution in [-0.4, -0.2) is 20.2 Å². The number of aromatic nitrogens is 4. The summed E-state index contributed by atoms with van der Waals surface area (Å²) < 4.78 is 1.65. The average Bonchev–Trinajstić information content (AvgIpc) is 2.15. The first-order valence-electron chi connectivity index (χ1n) is 3.09. The molecule has 1 aromatic rings. The molecule has 0 amide bonds. The van der Waals surface area contributed by atoms with Crippen molar-refractivity contribution in [1.29, 1.82) is 0 Å². The van der Waals surface area contributed by atoms with E-state index in [1.54, 1.807) is 4.68 Å². The molecule has 0 saturated heterocycles. The van der Waals surface area contributed by atoms with Crippen LogP contribution in [0, 0.1) is 6.92 Å². The largest absolute Gasteiger partial charge is 0.205 e. The zero-order chi connectivity index (χ0) is 7.56. The number of rotatable bonds is 1. The van der Waals surface area contributed by atoms with Crippen molar-refractivity contribution in [2.45, 2.75) is 20.8 Å². The molecular formula is C6H10N4. The average molecular weight is 138 g/mol. The van der Waals surface area contributed by atoms with E-state index in [1.807, 2.05) is 27.0 Å². The van der Waals surface area contributed by atoms with Gasteiger partial charge in [-0.1, -0.05) is 5.57 Å². The maximum atomic E-state index is 3.74. The summed E-state index contributed by atoms with van der Waals surface area (Å²) in [6, 6.07) is 0. The van der Waals surface area contributed by atoms with E-state index in [-0.39, 0.29) is 0 Å². The van der Waals surface area contributed by atoms with Gasteiger partial charge in [0.25, 0.3) is 0 Å². The van der Waals surface area contributed by atoms with Crippen LogP contribution in [0.1, 0.15) is 19.7 Å². The minimum atomic E-state index is 0.807. The SMILES string of the molecule is CC(C)=Cn1nnnc1C. The molecule has 0 aliphatic rings. The number of hydrogen-bond acceptors (Lipinski definition) is 3. The van der Waals surface area contributed by atoms with Gasteiger partial charge in [-0.2, -0.15) is 0 Å². The number of hydrogen-bond donors (Lipinski definition) is 0. The molecule has 0 aromatic carbocycles. The summed E-state index contributed by atoms with van der Waals surface area (Å²) in [5.74, 6) is 0.807. The summed E-state index contributed by atoms with van der Waals surface area (Å²) in [5, 5.41) is 11.0. The Balaban J connectivity index is 2.95. The summed E-state index contributed by atoms with van der Waals surface area (Å²) in [6.45, 7) is 5.86. The highest BCUT2D eigenvalue weighted by molar-refractivity contribution is 5.26. The lowest BCUT2D eigenvalue weighted by atomic mass is 10.4. The molecule has 0 N–H and O–H groups in total. The molecule has 0 atom stereocenters. The van der Waals surface area contributed by atoms with Crippen LogP contribution in [0.15, 0.2) is 5.57 Å². The Bertz CT molecular complexity index is 244. The molecule has 10 heavy (non-hydrogen) atoms. The fourth-order valence-corrected chi connectivity index (χ4v) is 0.602. The maximum absolute atomic E-state index is 3.74. The molecule has 1 rings (SSSR count). The number of tetrazole rings is 1. The van der Waals surface area contributed by atoms with Crippen LogP contribution in [0.5, 0.6) is 0 Å². The second kappa shape index (κ2) is 2.60. The van der Waals surface area contributed by atoms with Gasteiger partial charge in [0, 0.05) is 6.20 Å². The van der Waals surface area contributed by atoms with Crippen molar-refractivity contribution >= 4 is 6.20 Å². The van der Waals surface area contributed by atoms with Gasteiger partial charge in [-0.25, -0.2) is 4.68 Å². The highest BCUT2D eigenvalue weighted by Gasteiger charge is 1.93. The van der Waals surface area contributed by atoms with Gasteiger partial charge in [-0.15, -0.1) is 5.10 Å². The van der Waals surface area contributed by atoms with Gasteiger partial charge < -0.3 is 0 Å². The Kier molecular flexibility index (Phi) is 1.80. The fraction of sp³-hybridized carbons (Fsp3) is 0.500. The summed E-state index contributed by atoms with van der Waals surface area (Å²) in [5.41, 5.74) is 1.18. The zero-order valence-corrected chi connectivity index (χ0v) is 6.37. The molecule has 0 aliphatic heterocycles. The predicted octanol–water partition coefficient (Wildman–Crippen LogP) is 0.862. The van der Waals surface area contributed by atoms with Crippen molar-refractivity contribution in [2.24, 2.45) is 0 Å². The molecular weight excluding hydrogens is 128 g/mol. The molecule has 1 heterocycles. The molecule has 0 saturated carbocycles. The predicted molar refractivity (Wildman–Crippen MR) is 38.2 cm³/mol. The van der Waals surface area contributed by atoms with Crippen LogP contribution in [-0.2, 0) is 0 Å². The Hall–Kier alpha value is -1.19. The molecule has 4 heteroatoms. The minimum absolute atomic E-state index is 0.807. The molecule has 0 spiro atoms. The number of allylic oxidation sites excluding steroid dienone is 1. The van der Waals surface area contributed by atoms with E-state index >= 15 is 0 Å². The van der Waals surface area contributed by atoms with E-state index in [0.717, 1.165) is 5.82 Å². The van der Waals surface area contributed by atoms with Crippen molar-refractivity contribution in [3.05, 3.63) is 11.4 Å². The highest BCUT2D eigenvalue weighted by Crippen LogP contribution is 1.94. The first-order chi connectivity index (χ1) is 4.70. The summed E-state index contributed by atoms with van der Waals surface area (Å²) in [4.78, 5) is 0. The molecule has 0 unspecified atom stereocenters. The van der Waals surface area contributed by atoms with Crippen LogP contribution in [0.4, 0.5) is 0 Å². The van der Waals surface area contributed by atoms with Gasteiger partial charge in [0.15, 0.2) is 5.82 Å². The Morgan fingerprint density at radius 1 is 1.50 bits per heavy atom. The van der Waals surface area contributed by atoms with Crippen LogP contribution < -0.4 is 0 Å². The Morgan fingerprint density at radius 3 is 2.60 bits per heavy atom. The quantitative estimate of drug-likeness (QED) is 0.578. The summed E-state index contributed by atoms with van der Waals surface area (Å²) >= 11 is 0. The number of aryl methyl sites for hydroxylation is 1. The van der Waals surface area contributed by atoms with Crippen molar-refractivity contribution in [3.63, 3.8) is 0 Å². The van der Waals surface area contributed by atoms with E-state index in [1.165, 1.54) is 5.57 Å². The molecule has 0 aliphatic carbocycles. The van der Waals surface area contributed by atoms with E-state index in [0.29, 0.717) is 0 Å². The molecule has 0 radical (unpaired) electrons. The highest BCUT2D eigenvalue weighted by atomic mass is 15.5. The molecule has 0 fully saturated rings. The third-order valence-corrected chi connectivity index (χ3v) is 1.04. The van der Waals surface area contributed by atoms with Gasteiger partial charge in [0.05, 0.1) is 0 Å². The lowest BCUT2D eigenvalue weighted by Crippen LogP contribution is -1.92. The van der Waals surface area contributed by atoms with Crippen molar-refractivity contribution < 1.29 is 0 Å². The molecule has 1 aromatic heterocycles. The minimum Gasteiger partial charge on any atom is -0.205 e. The Morgan fingerprint density at radius 2 is 2.20 bits per heavy atom. The lowest BCUT2D eigenvalue weighted by molar-refractivity contribution is 0.808. The third kappa shape index (κ3) is 1.40. The van der Waals surface area contributed by atoms with Gasteiger partial charge in [-0.3, -0.25) is 0 Å². The van der Waals surface area contributed by atoms with Crippen molar-refractivity contribution in [1.82, 2.24) is 20.2 Å². The van der Waals surface area contributed by atoms with Gasteiger partial charge in [-0.05, 0) is 31.2 Å². The second-order valence-electron chi connectivity index (χ2n) is 2.38.